The molecule has 0 radical (unpaired) electrons. The van der Waals surface area contributed by atoms with Crippen molar-refractivity contribution in [3.63, 3.8) is 0 Å². The highest BCUT2D eigenvalue weighted by Gasteiger charge is 2.31. The standard InChI is InChI=1S/C27H34N8O2/c1-3-13-30-37-17-20-16-29-26(31-21-7-9-22(10-8-21)35-15-14-28-18-35)34-25(20)33-23-11-6-19-5-4-12-27(2,36)24(19)32-23/h3,6-11,16,28,30,36H,1,4-5,12-15,17-18H2,2H3,(H2,29,31,32,33,34). The van der Waals surface area contributed by atoms with Crippen molar-refractivity contribution in [3.05, 3.63) is 72.1 Å². The molecule has 3 aromatic rings. The zero-order valence-corrected chi connectivity index (χ0v) is 21.1. The molecule has 1 fully saturated rings. The van der Waals surface area contributed by atoms with Gasteiger partial charge < -0.3 is 20.6 Å². The molecule has 0 spiro atoms. The van der Waals surface area contributed by atoms with Crippen LogP contribution < -0.4 is 26.3 Å². The van der Waals surface area contributed by atoms with Crippen molar-refractivity contribution in [1.29, 1.82) is 0 Å². The third-order valence-corrected chi connectivity index (χ3v) is 6.62. The summed E-state index contributed by atoms with van der Waals surface area (Å²) in [5, 5.41) is 20.8. The SMILES string of the molecule is C=CCNOCc1cnc(Nc2ccc(N3CCNC3)cc2)nc1Nc1ccc2c(n1)C(C)(O)CCC2. The van der Waals surface area contributed by atoms with Gasteiger partial charge in [-0.25, -0.2) is 9.97 Å². The lowest BCUT2D eigenvalue weighted by Gasteiger charge is -2.30. The van der Waals surface area contributed by atoms with Crippen molar-refractivity contribution >= 4 is 29.0 Å². The number of aliphatic hydroxyl groups is 1. The summed E-state index contributed by atoms with van der Waals surface area (Å²) in [6.07, 6.45) is 6.01. The molecule has 1 aliphatic carbocycles. The molecule has 1 aromatic carbocycles. The van der Waals surface area contributed by atoms with Crippen molar-refractivity contribution in [2.75, 3.05) is 41.8 Å². The van der Waals surface area contributed by atoms with Gasteiger partial charge in [-0.3, -0.25) is 10.2 Å². The minimum Gasteiger partial charge on any atom is -0.384 e. The van der Waals surface area contributed by atoms with E-state index < -0.39 is 5.60 Å². The number of fused-ring (bicyclic) bond motifs is 1. The van der Waals surface area contributed by atoms with Crippen molar-refractivity contribution in [3.8, 4) is 0 Å². The van der Waals surface area contributed by atoms with Crippen LogP contribution >= 0.6 is 0 Å². The first-order valence-corrected chi connectivity index (χ1v) is 12.7. The Bertz CT molecular complexity index is 1230. The summed E-state index contributed by atoms with van der Waals surface area (Å²) in [7, 11) is 0. The third kappa shape index (κ3) is 6.05. The summed E-state index contributed by atoms with van der Waals surface area (Å²) >= 11 is 0. The molecule has 1 atom stereocenters. The molecule has 10 heteroatoms. The maximum Gasteiger partial charge on any atom is 0.229 e. The van der Waals surface area contributed by atoms with Gasteiger partial charge in [0.15, 0.2) is 0 Å². The van der Waals surface area contributed by atoms with Crippen molar-refractivity contribution in [1.82, 2.24) is 25.7 Å². The fraction of sp³-hybridized carbons (Fsp3) is 0.370. The van der Waals surface area contributed by atoms with Crippen LogP contribution in [0.4, 0.5) is 29.0 Å². The average Bonchev–Trinajstić information content (AvgIpc) is 3.44. The molecule has 1 unspecified atom stereocenters. The Morgan fingerprint density at radius 1 is 1.19 bits per heavy atom. The van der Waals surface area contributed by atoms with Gasteiger partial charge in [-0.05, 0) is 62.1 Å². The fourth-order valence-corrected chi connectivity index (χ4v) is 4.63. The first kappa shape index (κ1) is 25.1. The lowest BCUT2D eigenvalue weighted by Crippen LogP contribution is -2.28. The maximum atomic E-state index is 10.9. The Morgan fingerprint density at radius 3 is 2.84 bits per heavy atom. The van der Waals surface area contributed by atoms with Gasteiger partial charge in [0.1, 0.15) is 17.2 Å². The monoisotopic (exact) mass is 502 g/mol. The Labute approximate surface area is 217 Å². The Balaban J connectivity index is 1.37. The molecule has 0 amide bonds. The predicted molar refractivity (Wildman–Crippen MR) is 145 cm³/mol. The maximum absolute atomic E-state index is 10.9. The van der Waals surface area contributed by atoms with Crippen molar-refractivity contribution in [2.24, 2.45) is 0 Å². The van der Waals surface area contributed by atoms with Gasteiger partial charge in [-0.2, -0.15) is 10.5 Å². The summed E-state index contributed by atoms with van der Waals surface area (Å²) in [6, 6.07) is 12.2. The third-order valence-electron chi connectivity index (χ3n) is 6.62. The highest BCUT2D eigenvalue weighted by molar-refractivity contribution is 5.63. The van der Waals surface area contributed by atoms with E-state index in [0.29, 0.717) is 30.5 Å². The number of hydrogen-bond donors (Lipinski definition) is 5. The second-order valence-corrected chi connectivity index (χ2v) is 9.54. The molecule has 5 N–H and O–H groups in total. The molecular formula is C27H34N8O2. The molecule has 0 saturated carbocycles. The topological polar surface area (TPSA) is 119 Å². The zero-order chi connectivity index (χ0) is 25.7. The zero-order valence-electron chi connectivity index (χ0n) is 21.1. The number of hydroxylamine groups is 1. The molecule has 2 aromatic heterocycles. The summed E-state index contributed by atoms with van der Waals surface area (Å²) in [6.45, 7) is 9.14. The van der Waals surface area contributed by atoms with Crippen LogP contribution in [0, 0.1) is 0 Å². The molecule has 1 aliphatic heterocycles. The van der Waals surface area contributed by atoms with Crippen LogP contribution in [-0.2, 0) is 23.5 Å². The summed E-state index contributed by atoms with van der Waals surface area (Å²) in [4.78, 5) is 21.8. The highest BCUT2D eigenvalue weighted by Crippen LogP contribution is 2.34. The number of hydrogen-bond acceptors (Lipinski definition) is 10. The van der Waals surface area contributed by atoms with Crippen LogP contribution in [0.1, 0.15) is 36.6 Å². The van der Waals surface area contributed by atoms with Gasteiger partial charge in [-0.15, -0.1) is 6.58 Å². The number of benzene rings is 1. The van der Waals surface area contributed by atoms with Gasteiger partial charge in [-0.1, -0.05) is 12.1 Å². The van der Waals surface area contributed by atoms with E-state index in [4.69, 9.17) is 14.8 Å². The van der Waals surface area contributed by atoms with E-state index in [9.17, 15) is 5.11 Å². The Kier molecular flexibility index (Phi) is 7.61. The Hall–Kier alpha value is -3.57. The van der Waals surface area contributed by atoms with Gasteiger partial charge in [0.25, 0.3) is 0 Å². The minimum atomic E-state index is -0.943. The van der Waals surface area contributed by atoms with E-state index in [0.717, 1.165) is 55.1 Å². The van der Waals surface area contributed by atoms with E-state index >= 15 is 0 Å². The number of rotatable bonds is 10. The van der Waals surface area contributed by atoms with E-state index in [1.165, 1.54) is 5.69 Å². The molecule has 194 valence electrons. The summed E-state index contributed by atoms with van der Waals surface area (Å²) < 4.78 is 0. The highest BCUT2D eigenvalue weighted by atomic mass is 16.6. The second-order valence-electron chi connectivity index (χ2n) is 9.54. The van der Waals surface area contributed by atoms with Crippen molar-refractivity contribution in [2.45, 2.75) is 38.4 Å². The number of anilines is 5. The van der Waals surface area contributed by atoms with E-state index in [2.05, 4.69) is 50.0 Å². The quantitative estimate of drug-likeness (QED) is 0.160. The van der Waals surface area contributed by atoms with E-state index in [1.54, 1.807) is 12.3 Å². The van der Waals surface area contributed by atoms with Gasteiger partial charge in [0.05, 0.1) is 19.0 Å². The van der Waals surface area contributed by atoms with Crippen LogP contribution in [-0.4, -0.2) is 46.4 Å². The Morgan fingerprint density at radius 2 is 2.05 bits per heavy atom. The van der Waals surface area contributed by atoms with Crippen LogP contribution in [0.15, 0.2) is 55.3 Å². The molecule has 1 saturated heterocycles. The van der Waals surface area contributed by atoms with E-state index in [-0.39, 0.29) is 6.61 Å². The van der Waals surface area contributed by atoms with Crippen LogP contribution in [0.2, 0.25) is 0 Å². The normalized spacial score (nSPS) is 18.9. The lowest BCUT2D eigenvalue weighted by atomic mass is 9.84. The number of aryl methyl sites for hydroxylation is 1. The minimum absolute atomic E-state index is 0.248. The molecule has 5 rings (SSSR count). The van der Waals surface area contributed by atoms with Gasteiger partial charge in [0, 0.05) is 42.8 Å². The number of nitrogens with zero attached hydrogens (tertiary/aromatic N) is 4. The largest absolute Gasteiger partial charge is 0.384 e. The second kappa shape index (κ2) is 11.2. The molecule has 0 bridgehead atoms. The predicted octanol–water partition coefficient (Wildman–Crippen LogP) is 3.48. The van der Waals surface area contributed by atoms with Crippen LogP contribution in [0.3, 0.4) is 0 Å². The van der Waals surface area contributed by atoms with Crippen molar-refractivity contribution < 1.29 is 9.94 Å². The van der Waals surface area contributed by atoms with Crippen LogP contribution in [0.25, 0.3) is 0 Å². The van der Waals surface area contributed by atoms with Crippen LogP contribution in [0.5, 0.6) is 0 Å². The first-order valence-electron chi connectivity index (χ1n) is 12.7. The van der Waals surface area contributed by atoms with Gasteiger partial charge in [0.2, 0.25) is 5.95 Å². The summed E-state index contributed by atoms with van der Waals surface area (Å²) in [5.74, 6) is 1.63. The molecule has 37 heavy (non-hydrogen) atoms. The van der Waals surface area contributed by atoms with Gasteiger partial charge >= 0.3 is 0 Å². The number of nitrogens with one attached hydrogen (secondary N) is 4. The molecule has 3 heterocycles. The smallest absolute Gasteiger partial charge is 0.229 e. The number of aromatic nitrogens is 3. The summed E-state index contributed by atoms with van der Waals surface area (Å²) in [5.41, 5.74) is 6.51. The average molecular weight is 503 g/mol. The fourth-order valence-electron chi connectivity index (χ4n) is 4.63. The number of pyridine rings is 1. The molecule has 10 nitrogen and oxygen atoms in total. The van der Waals surface area contributed by atoms with E-state index in [1.807, 2.05) is 31.2 Å². The first-order chi connectivity index (χ1) is 18.0. The molecule has 2 aliphatic rings. The lowest BCUT2D eigenvalue weighted by molar-refractivity contribution is 0.0340. The molecular weight excluding hydrogens is 468 g/mol.